The molecule has 0 fully saturated rings. The summed E-state index contributed by atoms with van der Waals surface area (Å²) in [6.07, 6.45) is 1.75. The van der Waals surface area contributed by atoms with Crippen LogP contribution in [0.3, 0.4) is 0 Å². The van der Waals surface area contributed by atoms with Crippen LogP contribution in [0.15, 0.2) is 6.20 Å². The van der Waals surface area contributed by atoms with Crippen LogP contribution < -0.4 is 5.32 Å². The minimum absolute atomic E-state index is 0.239. The van der Waals surface area contributed by atoms with Gasteiger partial charge in [-0.05, 0) is 19.8 Å². The molecule has 15 heavy (non-hydrogen) atoms. The third-order valence-corrected chi connectivity index (χ3v) is 2.83. The van der Waals surface area contributed by atoms with Crippen LogP contribution in [0.25, 0.3) is 0 Å². The van der Waals surface area contributed by atoms with Crippen LogP contribution in [-0.4, -0.2) is 21.9 Å². The van der Waals surface area contributed by atoms with Crippen molar-refractivity contribution in [3.8, 4) is 0 Å². The molecule has 0 aliphatic rings. The Bertz CT molecular complexity index is 326. The first-order valence-electron chi connectivity index (χ1n) is 5.17. The molecular formula is C11H18ClN3. The maximum absolute atomic E-state index is 5.87. The van der Waals surface area contributed by atoms with Crippen molar-refractivity contribution in [2.45, 2.75) is 33.7 Å². The molecule has 1 aromatic heterocycles. The van der Waals surface area contributed by atoms with Crippen LogP contribution >= 0.6 is 11.6 Å². The minimum Gasteiger partial charge on any atom is -0.365 e. The van der Waals surface area contributed by atoms with Gasteiger partial charge in [-0.1, -0.05) is 13.8 Å². The summed E-state index contributed by atoms with van der Waals surface area (Å²) in [5, 5.41) is 3.29. The van der Waals surface area contributed by atoms with Crippen molar-refractivity contribution in [1.29, 1.82) is 0 Å². The summed E-state index contributed by atoms with van der Waals surface area (Å²) in [7, 11) is 0. The summed E-state index contributed by atoms with van der Waals surface area (Å²) in [5.41, 5.74) is 1.92. The SMILES string of the molecule is Cc1ncc(NC(CCl)C(C)C)nc1C. The molecule has 1 unspecified atom stereocenters. The maximum atomic E-state index is 5.87. The van der Waals surface area contributed by atoms with Crippen molar-refractivity contribution < 1.29 is 0 Å². The van der Waals surface area contributed by atoms with E-state index in [4.69, 9.17) is 11.6 Å². The molecule has 1 rings (SSSR count). The third-order valence-electron chi connectivity index (χ3n) is 2.50. The van der Waals surface area contributed by atoms with Gasteiger partial charge in [0.2, 0.25) is 0 Å². The molecule has 1 atom stereocenters. The fourth-order valence-corrected chi connectivity index (χ4v) is 1.62. The van der Waals surface area contributed by atoms with Gasteiger partial charge in [-0.2, -0.15) is 0 Å². The summed E-state index contributed by atoms with van der Waals surface area (Å²) in [5.74, 6) is 1.86. The van der Waals surface area contributed by atoms with E-state index < -0.39 is 0 Å². The van der Waals surface area contributed by atoms with Gasteiger partial charge in [0.25, 0.3) is 0 Å². The number of nitrogens with zero attached hydrogens (tertiary/aromatic N) is 2. The zero-order valence-electron chi connectivity index (χ0n) is 9.71. The summed E-state index contributed by atoms with van der Waals surface area (Å²) < 4.78 is 0. The minimum atomic E-state index is 0.239. The van der Waals surface area contributed by atoms with Crippen LogP contribution in [0.2, 0.25) is 0 Å². The summed E-state index contributed by atoms with van der Waals surface area (Å²) in [4.78, 5) is 8.67. The third kappa shape index (κ3) is 3.34. The highest BCUT2D eigenvalue weighted by Gasteiger charge is 2.12. The fraction of sp³-hybridized carbons (Fsp3) is 0.636. The monoisotopic (exact) mass is 227 g/mol. The van der Waals surface area contributed by atoms with Crippen molar-refractivity contribution in [2.24, 2.45) is 5.92 Å². The Labute approximate surface area is 96.3 Å². The molecule has 84 valence electrons. The van der Waals surface area contributed by atoms with E-state index in [9.17, 15) is 0 Å². The molecule has 0 radical (unpaired) electrons. The number of alkyl halides is 1. The Kier molecular flexibility index (Phi) is 4.33. The number of aryl methyl sites for hydroxylation is 2. The quantitative estimate of drug-likeness (QED) is 0.804. The van der Waals surface area contributed by atoms with Crippen molar-refractivity contribution >= 4 is 17.4 Å². The lowest BCUT2D eigenvalue weighted by Crippen LogP contribution is -2.28. The van der Waals surface area contributed by atoms with E-state index in [0.717, 1.165) is 17.2 Å². The molecule has 4 heteroatoms. The first kappa shape index (κ1) is 12.2. The van der Waals surface area contributed by atoms with Crippen LogP contribution in [0.4, 0.5) is 5.82 Å². The molecular weight excluding hydrogens is 210 g/mol. The molecule has 1 N–H and O–H groups in total. The first-order valence-corrected chi connectivity index (χ1v) is 5.70. The number of hydrogen-bond acceptors (Lipinski definition) is 3. The maximum Gasteiger partial charge on any atom is 0.145 e. The van der Waals surface area contributed by atoms with Gasteiger partial charge in [-0.15, -0.1) is 11.6 Å². The summed E-state index contributed by atoms with van der Waals surface area (Å²) in [6, 6.07) is 0.239. The molecule has 0 aliphatic carbocycles. The molecule has 1 aromatic rings. The Hall–Kier alpha value is -0.830. The van der Waals surface area contributed by atoms with E-state index in [1.165, 1.54) is 0 Å². The standard InChI is InChI=1S/C11H18ClN3/c1-7(2)10(5-12)15-11-6-13-8(3)9(4)14-11/h6-7,10H,5H2,1-4H3,(H,14,15). The Balaban J connectivity index is 2.75. The molecule has 0 amide bonds. The van der Waals surface area contributed by atoms with E-state index >= 15 is 0 Å². The van der Waals surface area contributed by atoms with Gasteiger partial charge in [-0.25, -0.2) is 4.98 Å². The molecule has 3 nitrogen and oxygen atoms in total. The van der Waals surface area contributed by atoms with Crippen molar-refractivity contribution in [3.05, 3.63) is 17.6 Å². The lowest BCUT2D eigenvalue weighted by molar-refractivity contribution is 0.562. The van der Waals surface area contributed by atoms with Gasteiger partial charge in [0.05, 0.1) is 17.6 Å². The zero-order chi connectivity index (χ0) is 11.4. The first-order chi connectivity index (χ1) is 7.04. The zero-order valence-corrected chi connectivity index (χ0v) is 10.5. The van der Waals surface area contributed by atoms with Crippen LogP contribution in [-0.2, 0) is 0 Å². The van der Waals surface area contributed by atoms with Crippen molar-refractivity contribution in [3.63, 3.8) is 0 Å². The molecule has 0 saturated carbocycles. The number of anilines is 1. The number of halogens is 1. The Morgan fingerprint density at radius 1 is 1.33 bits per heavy atom. The van der Waals surface area contributed by atoms with Gasteiger partial charge in [0.15, 0.2) is 0 Å². The molecule has 0 saturated heterocycles. The number of nitrogens with one attached hydrogen (secondary N) is 1. The average Bonchev–Trinajstić information content (AvgIpc) is 2.19. The molecule has 0 spiro atoms. The number of hydrogen-bond donors (Lipinski definition) is 1. The average molecular weight is 228 g/mol. The molecule has 0 aromatic carbocycles. The Morgan fingerprint density at radius 3 is 2.47 bits per heavy atom. The summed E-state index contributed by atoms with van der Waals surface area (Å²) in [6.45, 7) is 8.18. The largest absolute Gasteiger partial charge is 0.365 e. The van der Waals surface area contributed by atoms with E-state index in [-0.39, 0.29) is 6.04 Å². The molecule has 0 bridgehead atoms. The van der Waals surface area contributed by atoms with E-state index in [2.05, 4.69) is 29.1 Å². The number of aromatic nitrogens is 2. The van der Waals surface area contributed by atoms with Gasteiger partial charge in [0.1, 0.15) is 5.82 Å². The normalized spacial score (nSPS) is 12.9. The van der Waals surface area contributed by atoms with Crippen molar-refractivity contribution in [1.82, 2.24) is 9.97 Å². The van der Waals surface area contributed by atoms with Crippen molar-refractivity contribution in [2.75, 3.05) is 11.2 Å². The predicted octanol–water partition coefficient (Wildman–Crippen LogP) is 2.77. The summed E-state index contributed by atoms with van der Waals surface area (Å²) >= 11 is 5.87. The van der Waals surface area contributed by atoms with Crippen LogP contribution in [0, 0.1) is 19.8 Å². The second-order valence-electron chi connectivity index (χ2n) is 4.08. The topological polar surface area (TPSA) is 37.8 Å². The second kappa shape index (κ2) is 5.31. The molecule has 1 heterocycles. The predicted molar refractivity (Wildman–Crippen MR) is 64.5 cm³/mol. The highest BCUT2D eigenvalue weighted by Crippen LogP contribution is 2.12. The molecule has 0 aliphatic heterocycles. The van der Waals surface area contributed by atoms with Crippen LogP contribution in [0.1, 0.15) is 25.2 Å². The van der Waals surface area contributed by atoms with Gasteiger partial charge < -0.3 is 5.32 Å². The van der Waals surface area contributed by atoms with E-state index in [1.54, 1.807) is 6.20 Å². The van der Waals surface area contributed by atoms with Gasteiger partial charge in [0, 0.05) is 11.9 Å². The van der Waals surface area contributed by atoms with Gasteiger partial charge in [-0.3, -0.25) is 4.98 Å². The van der Waals surface area contributed by atoms with E-state index in [0.29, 0.717) is 11.8 Å². The number of rotatable bonds is 4. The van der Waals surface area contributed by atoms with Crippen LogP contribution in [0.5, 0.6) is 0 Å². The highest BCUT2D eigenvalue weighted by molar-refractivity contribution is 6.18. The van der Waals surface area contributed by atoms with Gasteiger partial charge >= 0.3 is 0 Å². The second-order valence-corrected chi connectivity index (χ2v) is 4.38. The lowest BCUT2D eigenvalue weighted by Gasteiger charge is -2.20. The smallest absolute Gasteiger partial charge is 0.145 e. The van der Waals surface area contributed by atoms with E-state index in [1.807, 2.05) is 13.8 Å². The Morgan fingerprint density at radius 2 is 2.00 bits per heavy atom. The highest BCUT2D eigenvalue weighted by atomic mass is 35.5. The fourth-order valence-electron chi connectivity index (χ4n) is 1.18. The lowest BCUT2D eigenvalue weighted by atomic mass is 10.1.